The van der Waals surface area contributed by atoms with Gasteiger partial charge in [-0.25, -0.2) is 0 Å². The number of aromatic nitrogens is 2. The quantitative estimate of drug-likeness (QED) is 0.217. The third kappa shape index (κ3) is 5.16. The molecule has 0 amide bonds. The van der Waals surface area contributed by atoms with Crippen molar-refractivity contribution in [3.05, 3.63) is 77.5 Å². The van der Waals surface area contributed by atoms with Gasteiger partial charge in [0.2, 0.25) is 13.5 Å². The van der Waals surface area contributed by atoms with Gasteiger partial charge in [-0.05, 0) is 73.5 Å². The smallest absolute Gasteiger partial charge is 0.361 e. The molecule has 1 aromatic heterocycles. The van der Waals surface area contributed by atoms with Crippen molar-refractivity contribution in [3.63, 3.8) is 0 Å². The van der Waals surface area contributed by atoms with E-state index in [1.165, 1.54) is 11.1 Å². The number of halogens is 4. The first-order chi connectivity index (χ1) is 15.2. The van der Waals surface area contributed by atoms with Crippen molar-refractivity contribution in [1.82, 2.24) is 4.57 Å². The molecule has 0 fully saturated rings. The van der Waals surface area contributed by atoms with E-state index in [-0.39, 0.29) is 13.5 Å². The van der Waals surface area contributed by atoms with Crippen molar-refractivity contribution < 1.29 is 14.0 Å². The Morgan fingerprint density at radius 3 is 1.81 bits per heavy atom. The van der Waals surface area contributed by atoms with Gasteiger partial charge in [0.1, 0.15) is 22.5 Å². The summed E-state index contributed by atoms with van der Waals surface area (Å²) in [5, 5.41) is 0. The lowest BCUT2D eigenvalue weighted by Gasteiger charge is -2.08. The van der Waals surface area contributed by atoms with Crippen molar-refractivity contribution in [3.8, 4) is 11.5 Å². The average molecular weight is 690 g/mol. The number of rotatable bonds is 6. The van der Waals surface area contributed by atoms with Gasteiger partial charge in [-0.2, -0.15) is 9.13 Å². The Kier molecular flexibility index (Phi) is 7.19. The Balaban J connectivity index is 1.69. The van der Waals surface area contributed by atoms with Crippen LogP contribution in [0.4, 0.5) is 5.95 Å². The maximum atomic E-state index is 6.59. The largest absolute Gasteiger partial charge is 0.460 e. The summed E-state index contributed by atoms with van der Waals surface area (Å²) in [5.74, 6) is 2.02. The van der Waals surface area contributed by atoms with E-state index in [2.05, 4.69) is 89.7 Å². The fraction of sp³-hybridized carbons (Fsp3) is 0.174. The third-order valence-corrected chi connectivity index (χ3v) is 6.95. The van der Waals surface area contributed by atoms with Crippen LogP contribution < -0.4 is 19.8 Å². The number of benzene rings is 3. The standard InChI is InChI=1S/C23H19Br4N3O2/c1-13-3-21-22(4-14(13)2)30(12-32-20-9-17(26)6-18(27)10-20)23(28)29(21)11-31-19-7-15(24)5-16(25)8-19/h3-10,28H,11-12H2,1-2H3/p+1. The number of aryl methyl sites for hydroxylation is 2. The van der Waals surface area contributed by atoms with Gasteiger partial charge in [-0.15, -0.1) is 0 Å². The van der Waals surface area contributed by atoms with Crippen LogP contribution in [0.5, 0.6) is 11.5 Å². The molecule has 0 aliphatic carbocycles. The number of nitrogens with zero attached hydrogens (tertiary/aromatic N) is 2. The summed E-state index contributed by atoms with van der Waals surface area (Å²) in [4.78, 5) is 0. The van der Waals surface area contributed by atoms with Gasteiger partial charge in [-0.3, -0.25) is 5.73 Å². The highest BCUT2D eigenvalue weighted by atomic mass is 79.9. The molecule has 1 heterocycles. The molecule has 4 rings (SSSR count). The summed E-state index contributed by atoms with van der Waals surface area (Å²) < 4.78 is 19.8. The summed E-state index contributed by atoms with van der Waals surface area (Å²) in [7, 11) is 0. The Bertz CT molecular complexity index is 1180. The molecule has 0 radical (unpaired) electrons. The molecule has 2 N–H and O–H groups in total. The fourth-order valence-corrected chi connectivity index (χ4v) is 5.89. The van der Waals surface area contributed by atoms with Crippen LogP contribution in [0.15, 0.2) is 66.4 Å². The number of nitrogen functional groups attached to an aromatic ring is 1. The lowest BCUT2D eigenvalue weighted by Crippen LogP contribution is -2.39. The van der Waals surface area contributed by atoms with Crippen molar-refractivity contribution in [2.45, 2.75) is 27.3 Å². The van der Waals surface area contributed by atoms with Crippen LogP contribution in [0.2, 0.25) is 0 Å². The second-order valence-corrected chi connectivity index (χ2v) is 11.1. The predicted molar refractivity (Wildman–Crippen MR) is 141 cm³/mol. The van der Waals surface area contributed by atoms with Crippen molar-refractivity contribution in [2.24, 2.45) is 0 Å². The summed E-state index contributed by atoms with van der Waals surface area (Å²) in [6, 6.07) is 15.9. The number of anilines is 1. The molecule has 0 spiro atoms. The summed E-state index contributed by atoms with van der Waals surface area (Å²) in [6.07, 6.45) is 0. The van der Waals surface area contributed by atoms with Gasteiger partial charge < -0.3 is 9.47 Å². The van der Waals surface area contributed by atoms with E-state index in [4.69, 9.17) is 15.2 Å². The summed E-state index contributed by atoms with van der Waals surface area (Å²) in [5.41, 5.74) is 10.9. The minimum atomic E-state index is 0.267. The van der Waals surface area contributed by atoms with Gasteiger partial charge >= 0.3 is 5.95 Å². The number of hydrogen-bond donors (Lipinski definition) is 1. The highest BCUT2D eigenvalue weighted by Crippen LogP contribution is 2.28. The first-order valence-electron chi connectivity index (χ1n) is 9.68. The number of nitrogens with two attached hydrogens (primary N) is 1. The fourth-order valence-electron chi connectivity index (χ4n) is 3.38. The van der Waals surface area contributed by atoms with Gasteiger partial charge in [-0.1, -0.05) is 63.7 Å². The lowest BCUT2D eigenvalue weighted by molar-refractivity contribution is -0.687. The minimum absolute atomic E-state index is 0.267. The van der Waals surface area contributed by atoms with Crippen LogP contribution >= 0.6 is 63.7 Å². The van der Waals surface area contributed by atoms with E-state index in [1.54, 1.807) is 0 Å². The molecule has 0 bridgehead atoms. The SMILES string of the molecule is Cc1cc2c(cc1C)[n+](COc1cc(Br)cc(Br)c1)c(N)n2COc1cc(Br)cc(Br)c1. The molecule has 0 aliphatic heterocycles. The van der Waals surface area contributed by atoms with E-state index in [1.807, 2.05) is 45.5 Å². The molecule has 166 valence electrons. The Morgan fingerprint density at radius 2 is 1.25 bits per heavy atom. The number of hydrogen-bond acceptors (Lipinski definition) is 3. The molecule has 0 unspecified atom stereocenters. The number of ether oxygens (including phenoxy) is 2. The highest BCUT2D eigenvalue weighted by Gasteiger charge is 2.23. The molecule has 0 atom stereocenters. The molecule has 9 heteroatoms. The number of fused-ring (bicyclic) bond motifs is 1. The lowest BCUT2D eigenvalue weighted by atomic mass is 10.1. The molecule has 4 aromatic rings. The zero-order valence-corrected chi connectivity index (χ0v) is 23.7. The predicted octanol–water partition coefficient (Wildman–Crippen LogP) is 7.25. The Morgan fingerprint density at radius 1 is 0.750 bits per heavy atom. The van der Waals surface area contributed by atoms with Crippen LogP contribution in [-0.4, -0.2) is 4.57 Å². The van der Waals surface area contributed by atoms with Crippen molar-refractivity contribution in [1.29, 1.82) is 0 Å². The second kappa shape index (κ2) is 9.75. The van der Waals surface area contributed by atoms with Gasteiger partial charge in [0.05, 0.1) is 0 Å². The second-order valence-electron chi connectivity index (χ2n) is 7.40. The first kappa shape index (κ1) is 23.6. The van der Waals surface area contributed by atoms with Crippen LogP contribution in [-0.2, 0) is 13.5 Å². The molecule has 0 saturated carbocycles. The summed E-state index contributed by atoms with van der Waals surface area (Å²) in [6.45, 7) is 4.72. The molecular weight excluding hydrogens is 670 g/mol. The zero-order valence-electron chi connectivity index (χ0n) is 17.3. The highest BCUT2D eigenvalue weighted by molar-refractivity contribution is 9.11. The van der Waals surface area contributed by atoms with E-state index in [9.17, 15) is 0 Å². The van der Waals surface area contributed by atoms with Crippen LogP contribution in [0.1, 0.15) is 11.1 Å². The topological polar surface area (TPSA) is 53.3 Å². The molecule has 5 nitrogen and oxygen atoms in total. The third-order valence-electron chi connectivity index (χ3n) is 5.12. The summed E-state index contributed by atoms with van der Waals surface area (Å²) >= 11 is 14.0. The van der Waals surface area contributed by atoms with Gasteiger partial charge in [0, 0.05) is 17.9 Å². The number of imidazole rings is 1. The van der Waals surface area contributed by atoms with Gasteiger partial charge in [0.15, 0.2) is 0 Å². The molecule has 3 aromatic carbocycles. The Hall–Kier alpha value is -1.55. The first-order valence-corrected chi connectivity index (χ1v) is 12.8. The molecule has 32 heavy (non-hydrogen) atoms. The zero-order chi connectivity index (χ0) is 23.0. The van der Waals surface area contributed by atoms with E-state index < -0.39 is 0 Å². The van der Waals surface area contributed by atoms with Crippen molar-refractivity contribution >= 4 is 80.7 Å². The molecular formula is C23H20Br4N3O2+. The van der Waals surface area contributed by atoms with Crippen molar-refractivity contribution in [2.75, 3.05) is 5.73 Å². The van der Waals surface area contributed by atoms with E-state index in [0.717, 1.165) is 40.4 Å². The Labute approximate surface area is 220 Å². The maximum Gasteiger partial charge on any atom is 0.361 e. The normalized spacial score (nSPS) is 11.2. The molecule has 0 aliphatic rings. The van der Waals surface area contributed by atoms with E-state index in [0.29, 0.717) is 5.95 Å². The van der Waals surface area contributed by atoms with Gasteiger partial charge in [0.25, 0.3) is 0 Å². The molecule has 0 saturated heterocycles. The van der Waals surface area contributed by atoms with Crippen LogP contribution in [0, 0.1) is 13.8 Å². The van der Waals surface area contributed by atoms with E-state index >= 15 is 0 Å². The minimum Gasteiger partial charge on any atom is -0.460 e. The monoisotopic (exact) mass is 686 g/mol. The average Bonchev–Trinajstić information content (AvgIpc) is 2.94. The maximum absolute atomic E-state index is 6.59. The van der Waals surface area contributed by atoms with Crippen LogP contribution in [0.3, 0.4) is 0 Å². The van der Waals surface area contributed by atoms with Crippen LogP contribution in [0.25, 0.3) is 11.0 Å².